The van der Waals surface area contributed by atoms with E-state index in [-0.39, 0.29) is 17.5 Å². The van der Waals surface area contributed by atoms with Crippen molar-refractivity contribution in [3.63, 3.8) is 0 Å². The molecule has 2 unspecified atom stereocenters. The molecule has 1 rings (SSSR count). The van der Waals surface area contributed by atoms with Gasteiger partial charge in [-0.2, -0.15) is 0 Å². The molecule has 1 fully saturated rings. The zero-order chi connectivity index (χ0) is 11.5. The standard InChI is InChI=1S/C9H19NO4S/c1-10(4-3-5-14-2)8-6-15(12,13)7-9(8)11/h8-9,11H,3-7H2,1-2H3. The minimum absolute atomic E-state index is 0.0671. The average Bonchev–Trinajstić information content (AvgIpc) is 2.40. The maximum absolute atomic E-state index is 11.3. The van der Waals surface area contributed by atoms with Crippen LogP contribution in [-0.2, 0) is 14.6 Å². The van der Waals surface area contributed by atoms with E-state index in [1.54, 1.807) is 7.11 Å². The van der Waals surface area contributed by atoms with Gasteiger partial charge in [-0.3, -0.25) is 4.90 Å². The minimum atomic E-state index is -3.04. The molecule has 15 heavy (non-hydrogen) atoms. The number of hydrogen-bond donors (Lipinski definition) is 1. The van der Waals surface area contributed by atoms with Crippen molar-refractivity contribution in [2.45, 2.75) is 18.6 Å². The van der Waals surface area contributed by atoms with Gasteiger partial charge in [-0.25, -0.2) is 8.42 Å². The molecule has 6 heteroatoms. The van der Waals surface area contributed by atoms with Crippen LogP contribution >= 0.6 is 0 Å². The molecule has 1 heterocycles. The lowest BCUT2D eigenvalue weighted by Crippen LogP contribution is -2.41. The lowest BCUT2D eigenvalue weighted by molar-refractivity contribution is 0.0916. The summed E-state index contributed by atoms with van der Waals surface area (Å²) in [5.41, 5.74) is 0. The monoisotopic (exact) mass is 237 g/mol. The van der Waals surface area contributed by atoms with Gasteiger partial charge in [-0.15, -0.1) is 0 Å². The van der Waals surface area contributed by atoms with Crippen molar-refractivity contribution in [1.82, 2.24) is 4.90 Å². The van der Waals surface area contributed by atoms with E-state index in [1.165, 1.54) is 0 Å². The van der Waals surface area contributed by atoms with Crippen molar-refractivity contribution in [3.8, 4) is 0 Å². The summed E-state index contributed by atoms with van der Waals surface area (Å²) in [4.78, 5) is 1.90. The number of methoxy groups -OCH3 is 1. The van der Waals surface area contributed by atoms with E-state index in [2.05, 4.69) is 0 Å². The molecule has 0 spiro atoms. The van der Waals surface area contributed by atoms with Crippen molar-refractivity contribution in [2.24, 2.45) is 0 Å². The van der Waals surface area contributed by atoms with Crippen LogP contribution in [0, 0.1) is 0 Å². The Kier molecular flexibility index (Phi) is 4.51. The first kappa shape index (κ1) is 12.9. The van der Waals surface area contributed by atoms with Gasteiger partial charge in [-0.1, -0.05) is 0 Å². The smallest absolute Gasteiger partial charge is 0.154 e. The van der Waals surface area contributed by atoms with Crippen LogP contribution in [-0.4, -0.2) is 69.4 Å². The van der Waals surface area contributed by atoms with Crippen molar-refractivity contribution < 1.29 is 18.3 Å². The molecule has 0 aromatic heterocycles. The van der Waals surface area contributed by atoms with Gasteiger partial charge in [0.15, 0.2) is 9.84 Å². The molecule has 1 N–H and O–H groups in total. The van der Waals surface area contributed by atoms with Gasteiger partial charge in [0.05, 0.1) is 23.7 Å². The summed E-state index contributed by atoms with van der Waals surface area (Å²) in [7, 11) is 0.428. The lowest BCUT2D eigenvalue weighted by atomic mass is 10.2. The predicted molar refractivity (Wildman–Crippen MR) is 57.6 cm³/mol. The number of nitrogens with zero attached hydrogens (tertiary/aromatic N) is 1. The first-order chi connectivity index (χ1) is 6.96. The highest BCUT2D eigenvalue weighted by Crippen LogP contribution is 2.17. The largest absolute Gasteiger partial charge is 0.390 e. The Morgan fingerprint density at radius 2 is 2.13 bits per heavy atom. The van der Waals surface area contributed by atoms with Gasteiger partial charge in [0.1, 0.15) is 0 Å². The Bertz CT molecular complexity index is 290. The summed E-state index contributed by atoms with van der Waals surface area (Å²) >= 11 is 0. The summed E-state index contributed by atoms with van der Waals surface area (Å²) < 4.78 is 27.5. The lowest BCUT2D eigenvalue weighted by Gasteiger charge is -2.25. The predicted octanol–water partition coefficient (Wildman–Crippen LogP) is -0.887. The highest BCUT2D eigenvalue weighted by atomic mass is 32.2. The topological polar surface area (TPSA) is 66.8 Å². The summed E-state index contributed by atoms with van der Waals surface area (Å²) in [5, 5.41) is 9.60. The van der Waals surface area contributed by atoms with E-state index in [0.717, 1.165) is 13.0 Å². The number of rotatable bonds is 5. The minimum Gasteiger partial charge on any atom is -0.390 e. The molecule has 5 nitrogen and oxygen atoms in total. The fraction of sp³-hybridized carbons (Fsp3) is 1.00. The fourth-order valence-corrected chi connectivity index (χ4v) is 3.73. The van der Waals surface area contributed by atoms with E-state index in [0.29, 0.717) is 6.61 Å². The van der Waals surface area contributed by atoms with Crippen LogP contribution in [0.3, 0.4) is 0 Å². The Labute approximate surface area is 90.9 Å². The van der Waals surface area contributed by atoms with Crippen LogP contribution in [0.4, 0.5) is 0 Å². The normalized spacial score (nSPS) is 29.9. The van der Waals surface area contributed by atoms with Crippen LogP contribution in [0.25, 0.3) is 0 Å². The van der Waals surface area contributed by atoms with E-state index >= 15 is 0 Å². The molecule has 2 atom stereocenters. The molecule has 0 radical (unpaired) electrons. The summed E-state index contributed by atoms with van der Waals surface area (Å²) in [5.74, 6) is -0.0378. The SMILES string of the molecule is COCCCN(C)C1CS(=O)(=O)CC1O. The Morgan fingerprint density at radius 1 is 1.47 bits per heavy atom. The zero-order valence-electron chi connectivity index (χ0n) is 9.22. The Balaban J connectivity index is 2.43. The average molecular weight is 237 g/mol. The molecule has 1 saturated heterocycles. The molecule has 0 bridgehead atoms. The molecule has 1 aliphatic heterocycles. The van der Waals surface area contributed by atoms with E-state index in [9.17, 15) is 13.5 Å². The second-order valence-electron chi connectivity index (χ2n) is 4.04. The fourth-order valence-electron chi connectivity index (χ4n) is 1.86. The van der Waals surface area contributed by atoms with Gasteiger partial charge in [0, 0.05) is 20.3 Å². The summed E-state index contributed by atoms with van der Waals surface area (Å²) in [6.45, 7) is 1.39. The van der Waals surface area contributed by atoms with Crippen molar-refractivity contribution in [1.29, 1.82) is 0 Å². The van der Waals surface area contributed by atoms with Crippen molar-refractivity contribution >= 4 is 9.84 Å². The molecule has 0 aliphatic carbocycles. The third-order valence-electron chi connectivity index (χ3n) is 2.72. The Morgan fingerprint density at radius 3 is 2.60 bits per heavy atom. The molecule has 0 saturated carbocycles. The maximum Gasteiger partial charge on any atom is 0.154 e. The van der Waals surface area contributed by atoms with E-state index in [1.807, 2.05) is 11.9 Å². The number of ether oxygens (including phenoxy) is 1. The van der Waals surface area contributed by atoms with Crippen LogP contribution in [0.1, 0.15) is 6.42 Å². The second kappa shape index (κ2) is 5.25. The van der Waals surface area contributed by atoms with Gasteiger partial charge in [0.25, 0.3) is 0 Å². The molecule has 90 valence electrons. The quantitative estimate of drug-likeness (QED) is 0.629. The summed E-state index contributed by atoms with van der Waals surface area (Å²) in [6, 6.07) is -0.258. The summed E-state index contributed by atoms with van der Waals surface area (Å²) in [6.07, 6.45) is 0.0959. The van der Waals surface area contributed by atoms with Gasteiger partial charge >= 0.3 is 0 Å². The molecule has 0 aromatic rings. The molecule has 0 amide bonds. The Hall–Kier alpha value is -0.170. The third-order valence-corrected chi connectivity index (χ3v) is 4.42. The van der Waals surface area contributed by atoms with Crippen LogP contribution in [0.2, 0.25) is 0 Å². The van der Waals surface area contributed by atoms with Crippen molar-refractivity contribution in [2.75, 3.05) is 38.8 Å². The maximum atomic E-state index is 11.3. The van der Waals surface area contributed by atoms with Crippen molar-refractivity contribution in [3.05, 3.63) is 0 Å². The molecule has 1 aliphatic rings. The highest BCUT2D eigenvalue weighted by molar-refractivity contribution is 7.91. The number of aliphatic hydroxyl groups is 1. The first-order valence-corrected chi connectivity index (χ1v) is 6.86. The second-order valence-corrected chi connectivity index (χ2v) is 6.19. The number of hydrogen-bond acceptors (Lipinski definition) is 5. The van der Waals surface area contributed by atoms with Crippen LogP contribution in [0.5, 0.6) is 0 Å². The van der Waals surface area contributed by atoms with E-state index in [4.69, 9.17) is 4.74 Å². The molecular formula is C9H19NO4S. The van der Waals surface area contributed by atoms with Crippen LogP contribution in [0.15, 0.2) is 0 Å². The highest BCUT2D eigenvalue weighted by Gasteiger charge is 2.38. The first-order valence-electron chi connectivity index (χ1n) is 5.04. The van der Waals surface area contributed by atoms with Gasteiger partial charge in [-0.05, 0) is 13.5 Å². The number of aliphatic hydroxyl groups excluding tert-OH is 1. The number of likely N-dealkylation sites (N-methyl/N-ethyl adjacent to an activating group) is 1. The number of sulfone groups is 1. The van der Waals surface area contributed by atoms with Crippen LogP contribution < -0.4 is 0 Å². The third kappa shape index (κ3) is 3.71. The van der Waals surface area contributed by atoms with Gasteiger partial charge < -0.3 is 9.84 Å². The molecule has 0 aromatic carbocycles. The molecular weight excluding hydrogens is 218 g/mol. The zero-order valence-corrected chi connectivity index (χ0v) is 10.0. The van der Waals surface area contributed by atoms with Gasteiger partial charge in [0.2, 0.25) is 0 Å². The van der Waals surface area contributed by atoms with E-state index < -0.39 is 15.9 Å².